The number of hydrogen-bond donors (Lipinski definition) is 4. The second-order valence-electron chi connectivity index (χ2n) is 7.04. The van der Waals surface area contributed by atoms with Crippen molar-refractivity contribution in [3.8, 4) is 0 Å². The lowest BCUT2D eigenvalue weighted by molar-refractivity contribution is 0.101. The van der Waals surface area contributed by atoms with Crippen molar-refractivity contribution in [1.82, 2.24) is 9.97 Å². The second kappa shape index (κ2) is 8.11. The molecule has 2 aromatic carbocycles. The molecule has 154 valence electrons. The van der Waals surface area contributed by atoms with E-state index < -0.39 is 0 Å². The van der Waals surface area contributed by atoms with Crippen LogP contribution in [0.2, 0.25) is 0 Å². The van der Waals surface area contributed by atoms with Crippen molar-refractivity contribution in [3.63, 3.8) is 0 Å². The number of amides is 2. The Kier molecular flexibility index (Phi) is 5.19. The fourth-order valence-corrected chi connectivity index (χ4v) is 3.11. The van der Waals surface area contributed by atoms with Gasteiger partial charge in [-0.15, -0.1) is 0 Å². The maximum atomic E-state index is 12.7. The zero-order valence-corrected chi connectivity index (χ0v) is 16.7. The molecular formula is C23H20N6O2. The molecule has 0 unspecified atom stereocenters. The Morgan fingerprint density at radius 3 is 2.03 bits per heavy atom. The van der Waals surface area contributed by atoms with Crippen LogP contribution in [0.5, 0.6) is 0 Å². The van der Waals surface area contributed by atoms with Gasteiger partial charge in [0.2, 0.25) is 0 Å². The first-order chi connectivity index (χ1) is 14.9. The van der Waals surface area contributed by atoms with E-state index in [1.807, 2.05) is 6.92 Å². The molecule has 0 radical (unpaired) electrons. The highest BCUT2D eigenvalue weighted by Crippen LogP contribution is 2.23. The van der Waals surface area contributed by atoms with Gasteiger partial charge >= 0.3 is 0 Å². The van der Waals surface area contributed by atoms with Crippen LogP contribution in [0.4, 0.5) is 22.9 Å². The van der Waals surface area contributed by atoms with Gasteiger partial charge in [0.05, 0.1) is 11.1 Å². The molecule has 0 spiro atoms. The molecule has 0 aliphatic carbocycles. The van der Waals surface area contributed by atoms with E-state index in [0.717, 1.165) is 16.6 Å². The van der Waals surface area contributed by atoms with Crippen molar-refractivity contribution >= 4 is 45.6 Å². The molecule has 0 saturated heterocycles. The van der Waals surface area contributed by atoms with Crippen LogP contribution < -0.4 is 22.1 Å². The van der Waals surface area contributed by atoms with Gasteiger partial charge in [-0.1, -0.05) is 0 Å². The van der Waals surface area contributed by atoms with Gasteiger partial charge in [0.25, 0.3) is 11.8 Å². The van der Waals surface area contributed by atoms with Gasteiger partial charge in [0.1, 0.15) is 5.82 Å². The van der Waals surface area contributed by atoms with Crippen molar-refractivity contribution in [1.29, 1.82) is 0 Å². The van der Waals surface area contributed by atoms with E-state index in [1.165, 1.54) is 6.20 Å². The topological polar surface area (TPSA) is 136 Å². The molecule has 2 aromatic heterocycles. The molecule has 0 aliphatic rings. The third-order valence-electron chi connectivity index (χ3n) is 4.68. The van der Waals surface area contributed by atoms with Crippen LogP contribution in [0.15, 0.2) is 66.9 Å². The molecule has 6 N–H and O–H groups in total. The normalized spacial score (nSPS) is 10.6. The fraction of sp³-hybridized carbons (Fsp3) is 0.0435. The highest BCUT2D eigenvalue weighted by atomic mass is 16.2. The lowest BCUT2D eigenvalue weighted by Crippen LogP contribution is -2.13. The molecule has 2 heterocycles. The molecule has 4 rings (SSSR count). The Morgan fingerprint density at radius 1 is 0.806 bits per heavy atom. The summed E-state index contributed by atoms with van der Waals surface area (Å²) in [5.41, 5.74) is 15.8. The molecule has 31 heavy (non-hydrogen) atoms. The number of nitrogens with two attached hydrogens (primary N) is 2. The number of nitrogen functional groups attached to an aromatic ring is 2. The lowest BCUT2D eigenvalue weighted by atomic mass is 10.1. The number of anilines is 4. The Hall–Kier alpha value is -4.46. The van der Waals surface area contributed by atoms with Crippen LogP contribution in [0, 0.1) is 6.92 Å². The van der Waals surface area contributed by atoms with E-state index >= 15 is 0 Å². The average Bonchev–Trinajstić information content (AvgIpc) is 2.75. The van der Waals surface area contributed by atoms with Gasteiger partial charge in [-0.2, -0.15) is 0 Å². The number of carbonyl (C=O) groups is 2. The van der Waals surface area contributed by atoms with E-state index in [1.54, 1.807) is 60.7 Å². The first-order valence-corrected chi connectivity index (χ1v) is 9.50. The van der Waals surface area contributed by atoms with Crippen LogP contribution in [-0.4, -0.2) is 21.8 Å². The first kappa shape index (κ1) is 19.8. The predicted octanol–water partition coefficient (Wildman–Crippen LogP) is 3.61. The number of aromatic nitrogens is 2. The Morgan fingerprint density at radius 2 is 1.42 bits per heavy atom. The number of nitrogens with zero attached hydrogens (tertiary/aromatic N) is 2. The van der Waals surface area contributed by atoms with Crippen molar-refractivity contribution in [2.75, 3.05) is 22.1 Å². The zero-order chi connectivity index (χ0) is 22.0. The minimum absolute atomic E-state index is 0.272. The smallest absolute Gasteiger partial charge is 0.257 e. The molecule has 0 fully saturated rings. The number of pyridine rings is 2. The average molecular weight is 412 g/mol. The van der Waals surface area contributed by atoms with Crippen LogP contribution in [0.25, 0.3) is 10.9 Å². The first-order valence-electron chi connectivity index (χ1n) is 9.50. The maximum Gasteiger partial charge on any atom is 0.257 e. The largest absolute Gasteiger partial charge is 0.398 e. The fourth-order valence-electron chi connectivity index (χ4n) is 3.11. The van der Waals surface area contributed by atoms with E-state index in [4.69, 9.17) is 11.5 Å². The van der Waals surface area contributed by atoms with Gasteiger partial charge in [0, 0.05) is 39.9 Å². The Labute approximate surface area is 178 Å². The molecule has 4 aromatic rings. The van der Waals surface area contributed by atoms with Crippen molar-refractivity contribution < 1.29 is 9.59 Å². The summed E-state index contributed by atoms with van der Waals surface area (Å²) in [6, 6.07) is 16.9. The van der Waals surface area contributed by atoms with E-state index in [-0.39, 0.29) is 11.8 Å². The summed E-state index contributed by atoms with van der Waals surface area (Å²) in [6.45, 7) is 1.87. The summed E-state index contributed by atoms with van der Waals surface area (Å²) in [5.74, 6) is -0.231. The highest BCUT2D eigenvalue weighted by molar-refractivity contribution is 6.08. The monoisotopic (exact) mass is 412 g/mol. The van der Waals surface area contributed by atoms with E-state index in [2.05, 4.69) is 20.6 Å². The molecule has 0 atom stereocenters. The third kappa shape index (κ3) is 4.43. The number of fused-ring (bicyclic) bond motifs is 1. The molecule has 8 heteroatoms. The molecule has 2 amide bonds. The number of aryl methyl sites for hydroxylation is 1. The minimum atomic E-state index is -0.304. The SMILES string of the molecule is Cc1cc(N)c2cc(C(=O)Nc3ccc(NC(=O)c4ccc(N)nc4)cc3)ccc2n1. The van der Waals surface area contributed by atoms with Gasteiger partial charge in [-0.25, -0.2) is 4.98 Å². The molecule has 0 aliphatic heterocycles. The molecule has 0 saturated carbocycles. The van der Waals surface area contributed by atoms with Gasteiger partial charge in [-0.3, -0.25) is 14.6 Å². The van der Waals surface area contributed by atoms with Crippen LogP contribution in [0.1, 0.15) is 26.4 Å². The summed E-state index contributed by atoms with van der Waals surface area (Å²) in [7, 11) is 0. The van der Waals surface area contributed by atoms with Crippen molar-refractivity contribution in [3.05, 3.63) is 83.7 Å². The summed E-state index contributed by atoms with van der Waals surface area (Å²) >= 11 is 0. The van der Waals surface area contributed by atoms with Crippen LogP contribution in [0.3, 0.4) is 0 Å². The number of carbonyl (C=O) groups excluding carboxylic acids is 2. The van der Waals surface area contributed by atoms with Crippen molar-refractivity contribution in [2.45, 2.75) is 6.92 Å². The maximum absolute atomic E-state index is 12.7. The number of benzene rings is 2. The summed E-state index contributed by atoms with van der Waals surface area (Å²) in [6.07, 6.45) is 1.41. The molecular weight excluding hydrogens is 392 g/mol. The molecule has 0 bridgehead atoms. The van der Waals surface area contributed by atoms with E-state index in [9.17, 15) is 9.59 Å². The van der Waals surface area contributed by atoms with Gasteiger partial charge < -0.3 is 22.1 Å². The second-order valence-corrected chi connectivity index (χ2v) is 7.04. The van der Waals surface area contributed by atoms with Gasteiger partial charge in [0.15, 0.2) is 0 Å². The lowest BCUT2D eigenvalue weighted by Gasteiger charge is -2.09. The summed E-state index contributed by atoms with van der Waals surface area (Å²) < 4.78 is 0. The zero-order valence-electron chi connectivity index (χ0n) is 16.7. The number of rotatable bonds is 4. The van der Waals surface area contributed by atoms with Crippen LogP contribution >= 0.6 is 0 Å². The summed E-state index contributed by atoms with van der Waals surface area (Å²) in [4.78, 5) is 33.2. The Balaban J connectivity index is 1.45. The minimum Gasteiger partial charge on any atom is -0.398 e. The van der Waals surface area contributed by atoms with E-state index in [0.29, 0.717) is 34.0 Å². The molecule has 8 nitrogen and oxygen atoms in total. The highest BCUT2D eigenvalue weighted by Gasteiger charge is 2.10. The third-order valence-corrected chi connectivity index (χ3v) is 4.68. The number of hydrogen-bond acceptors (Lipinski definition) is 6. The number of nitrogens with one attached hydrogen (secondary N) is 2. The summed E-state index contributed by atoms with van der Waals surface area (Å²) in [5, 5.41) is 6.33. The Bertz CT molecular complexity index is 1280. The quantitative estimate of drug-likeness (QED) is 0.404. The predicted molar refractivity (Wildman–Crippen MR) is 122 cm³/mol. The van der Waals surface area contributed by atoms with Gasteiger partial charge in [-0.05, 0) is 67.6 Å². The van der Waals surface area contributed by atoms with Crippen LogP contribution in [-0.2, 0) is 0 Å². The van der Waals surface area contributed by atoms with Crippen molar-refractivity contribution in [2.24, 2.45) is 0 Å². The standard InChI is InChI=1S/C23H20N6O2/c1-13-10-19(24)18-11-14(2-8-20(18)27-13)22(30)28-16-4-6-17(7-5-16)29-23(31)15-3-9-21(25)26-12-15/h2-12H,1H3,(H2,24,27)(H2,25,26)(H,28,30)(H,29,31).